The summed E-state index contributed by atoms with van der Waals surface area (Å²) in [6, 6.07) is 1.09. The number of hydrogen-bond acceptors (Lipinski definition) is 5. The highest BCUT2D eigenvalue weighted by Gasteiger charge is 2.51. The Morgan fingerprint density at radius 1 is 1.48 bits per heavy atom. The van der Waals surface area contributed by atoms with Crippen LogP contribution < -0.4 is 5.32 Å². The van der Waals surface area contributed by atoms with Gasteiger partial charge in [0.1, 0.15) is 0 Å². The van der Waals surface area contributed by atoms with E-state index in [0.29, 0.717) is 4.47 Å². The lowest BCUT2D eigenvalue weighted by molar-refractivity contribution is -0.384. The molecule has 1 aromatic heterocycles. The highest BCUT2D eigenvalue weighted by Crippen LogP contribution is 2.49. The number of aliphatic carboxylic acids is 1. The van der Waals surface area contributed by atoms with Crippen LogP contribution in [0.4, 0.5) is 11.5 Å². The fourth-order valence-electron chi connectivity index (χ4n) is 3.69. The molecule has 0 radical (unpaired) electrons. The van der Waals surface area contributed by atoms with Gasteiger partial charge in [0.05, 0.1) is 10.8 Å². The van der Waals surface area contributed by atoms with E-state index < -0.39 is 16.8 Å². The van der Waals surface area contributed by atoms with Crippen LogP contribution in [0, 0.1) is 27.9 Å². The maximum Gasteiger partial charge on any atom is 0.312 e. The summed E-state index contributed by atoms with van der Waals surface area (Å²) in [7, 11) is 0. The molecule has 7 nitrogen and oxygen atoms in total. The van der Waals surface area contributed by atoms with Crippen molar-refractivity contribution in [2.24, 2.45) is 17.8 Å². The molecule has 1 aromatic rings. The Balaban J connectivity index is 1.89. The Kier molecular flexibility index (Phi) is 3.56. The molecule has 0 aliphatic heterocycles. The van der Waals surface area contributed by atoms with Crippen LogP contribution >= 0.6 is 15.9 Å². The number of pyridine rings is 1. The number of carboxylic acid groups (broad SMARTS) is 1. The lowest BCUT2D eigenvalue weighted by Gasteiger charge is -2.29. The van der Waals surface area contributed by atoms with Gasteiger partial charge >= 0.3 is 11.7 Å². The Bertz CT molecular complexity index is 609. The van der Waals surface area contributed by atoms with Crippen molar-refractivity contribution in [3.8, 4) is 0 Å². The van der Waals surface area contributed by atoms with E-state index in [1.807, 2.05) is 0 Å². The summed E-state index contributed by atoms with van der Waals surface area (Å²) < 4.78 is 0.516. The molecule has 0 spiro atoms. The predicted molar refractivity (Wildman–Crippen MR) is 78.0 cm³/mol. The minimum absolute atomic E-state index is 0.142. The molecule has 0 aromatic carbocycles. The van der Waals surface area contributed by atoms with Crippen LogP contribution in [0.5, 0.6) is 0 Å². The molecule has 2 aliphatic carbocycles. The van der Waals surface area contributed by atoms with E-state index in [2.05, 4.69) is 26.2 Å². The average Bonchev–Trinajstić information content (AvgIpc) is 3.01. The molecule has 2 bridgehead atoms. The van der Waals surface area contributed by atoms with Crippen molar-refractivity contribution in [3.05, 3.63) is 26.9 Å². The molecule has 4 unspecified atom stereocenters. The van der Waals surface area contributed by atoms with Gasteiger partial charge in [-0.3, -0.25) is 14.9 Å². The number of carboxylic acids is 1. The second kappa shape index (κ2) is 5.25. The molecule has 4 atom stereocenters. The van der Waals surface area contributed by atoms with E-state index >= 15 is 0 Å². The molecule has 0 saturated heterocycles. The number of nitrogens with zero attached hydrogens (tertiary/aromatic N) is 2. The molecule has 3 rings (SSSR count). The van der Waals surface area contributed by atoms with E-state index in [9.17, 15) is 20.0 Å². The third kappa shape index (κ3) is 2.48. The summed E-state index contributed by atoms with van der Waals surface area (Å²) in [6.45, 7) is 0. The topological polar surface area (TPSA) is 105 Å². The second-order valence-corrected chi connectivity index (χ2v) is 6.56. The number of nitrogens with one attached hydrogen (secondary N) is 1. The quantitative estimate of drug-likeness (QED) is 0.635. The highest BCUT2D eigenvalue weighted by molar-refractivity contribution is 9.10. The van der Waals surface area contributed by atoms with Crippen LogP contribution in [0.1, 0.15) is 19.3 Å². The molecule has 8 heteroatoms. The predicted octanol–water partition coefficient (Wildman–Crippen LogP) is 2.66. The van der Waals surface area contributed by atoms with Gasteiger partial charge in [0.15, 0.2) is 0 Å². The van der Waals surface area contributed by atoms with Gasteiger partial charge in [0, 0.05) is 22.8 Å². The Morgan fingerprint density at radius 3 is 2.86 bits per heavy atom. The van der Waals surface area contributed by atoms with Crippen molar-refractivity contribution < 1.29 is 14.8 Å². The van der Waals surface area contributed by atoms with Gasteiger partial charge in [-0.1, -0.05) is 0 Å². The summed E-state index contributed by atoms with van der Waals surface area (Å²) >= 11 is 3.16. The first-order chi connectivity index (χ1) is 9.97. The molecular weight excluding hydrogens is 342 g/mol. The monoisotopic (exact) mass is 355 g/mol. The van der Waals surface area contributed by atoms with Gasteiger partial charge in [0.2, 0.25) is 5.82 Å². The summed E-state index contributed by atoms with van der Waals surface area (Å²) in [5.41, 5.74) is -0.142. The lowest BCUT2D eigenvalue weighted by Crippen LogP contribution is -2.39. The van der Waals surface area contributed by atoms with Crippen LogP contribution in [0.25, 0.3) is 0 Å². The fourth-order valence-corrected chi connectivity index (χ4v) is 4.01. The van der Waals surface area contributed by atoms with Crippen LogP contribution in [0.15, 0.2) is 16.7 Å². The first-order valence-electron chi connectivity index (χ1n) is 6.76. The minimum atomic E-state index is -0.834. The maximum absolute atomic E-state index is 11.5. The average molecular weight is 356 g/mol. The molecule has 2 saturated carbocycles. The molecule has 0 amide bonds. The molecule has 21 heavy (non-hydrogen) atoms. The zero-order valence-electron chi connectivity index (χ0n) is 11.0. The van der Waals surface area contributed by atoms with Gasteiger partial charge in [-0.25, -0.2) is 4.98 Å². The zero-order chi connectivity index (χ0) is 15.1. The Morgan fingerprint density at radius 2 is 2.19 bits per heavy atom. The van der Waals surface area contributed by atoms with E-state index in [4.69, 9.17) is 0 Å². The number of aromatic nitrogens is 1. The summed E-state index contributed by atoms with van der Waals surface area (Å²) in [5, 5.41) is 23.5. The summed E-state index contributed by atoms with van der Waals surface area (Å²) in [4.78, 5) is 26.1. The third-order valence-corrected chi connectivity index (χ3v) is 4.97. The number of carbonyl (C=O) groups is 1. The van der Waals surface area contributed by atoms with Gasteiger partial charge in [-0.2, -0.15) is 0 Å². The first kappa shape index (κ1) is 14.2. The maximum atomic E-state index is 11.5. The SMILES string of the molecule is O=C(O)C1C2CCC(C2)C1Nc1ncc(Br)cc1[N+](=O)[O-]. The number of fused-ring (bicyclic) bond motifs is 2. The first-order valence-corrected chi connectivity index (χ1v) is 7.56. The van der Waals surface area contributed by atoms with E-state index in [1.165, 1.54) is 12.3 Å². The summed E-state index contributed by atoms with van der Waals surface area (Å²) in [6.07, 6.45) is 4.24. The molecule has 1 heterocycles. The zero-order valence-corrected chi connectivity index (χ0v) is 12.6. The molecule has 112 valence electrons. The van der Waals surface area contributed by atoms with Crippen LogP contribution in [-0.4, -0.2) is 27.0 Å². The number of rotatable bonds is 4. The standard InChI is InChI=1S/C13H14BrN3O4/c14-8-4-9(17(20)21)12(15-5-8)16-11-7-2-1-6(3-7)10(11)13(18)19/h4-7,10-11H,1-3H2,(H,15,16)(H,18,19). The third-order valence-electron chi connectivity index (χ3n) is 4.54. The lowest BCUT2D eigenvalue weighted by atomic mass is 9.84. The van der Waals surface area contributed by atoms with Crippen molar-refractivity contribution in [1.82, 2.24) is 4.98 Å². The fraction of sp³-hybridized carbons (Fsp3) is 0.538. The van der Waals surface area contributed by atoms with Crippen molar-refractivity contribution >= 4 is 33.4 Å². The number of hydrogen-bond donors (Lipinski definition) is 2. The summed E-state index contributed by atoms with van der Waals surface area (Å²) in [5.74, 6) is -0.763. The molecule has 2 fully saturated rings. The van der Waals surface area contributed by atoms with Crippen LogP contribution in [0.3, 0.4) is 0 Å². The van der Waals surface area contributed by atoms with Crippen LogP contribution in [0.2, 0.25) is 0 Å². The van der Waals surface area contributed by atoms with Gasteiger partial charge in [0.25, 0.3) is 0 Å². The number of anilines is 1. The minimum Gasteiger partial charge on any atom is -0.481 e. The van der Waals surface area contributed by atoms with Crippen molar-refractivity contribution in [2.75, 3.05) is 5.32 Å². The normalized spacial score (nSPS) is 30.3. The van der Waals surface area contributed by atoms with E-state index in [0.717, 1.165) is 19.3 Å². The number of nitro groups is 1. The van der Waals surface area contributed by atoms with Gasteiger partial charge < -0.3 is 10.4 Å². The second-order valence-electron chi connectivity index (χ2n) is 5.65. The van der Waals surface area contributed by atoms with Gasteiger partial charge in [-0.05, 0) is 47.0 Å². The van der Waals surface area contributed by atoms with Crippen molar-refractivity contribution in [2.45, 2.75) is 25.3 Å². The van der Waals surface area contributed by atoms with E-state index in [1.54, 1.807) is 0 Å². The molecular formula is C13H14BrN3O4. The Labute approximate surface area is 129 Å². The van der Waals surface area contributed by atoms with Crippen molar-refractivity contribution in [3.63, 3.8) is 0 Å². The largest absolute Gasteiger partial charge is 0.481 e. The molecule has 2 aliphatic rings. The number of halogens is 1. The van der Waals surface area contributed by atoms with Crippen LogP contribution in [-0.2, 0) is 4.79 Å². The Hall–Kier alpha value is -1.70. The molecule has 2 N–H and O–H groups in total. The highest BCUT2D eigenvalue weighted by atomic mass is 79.9. The van der Waals surface area contributed by atoms with Gasteiger partial charge in [-0.15, -0.1) is 0 Å². The van der Waals surface area contributed by atoms with E-state index in [-0.39, 0.29) is 29.4 Å². The van der Waals surface area contributed by atoms with Crippen molar-refractivity contribution in [1.29, 1.82) is 0 Å². The smallest absolute Gasteiger partial charge is 0.312 e.